The number of aromatic amines is 1. The van der Waals surface area contributed by atoms with Gasteiger partial charge in [0.15, 0.2) is 5.89 Å². The SMILES string of the molecule is O=C(c1cc2ccccc2[nH]1)N1CCCC(c2ncc(Cc3ccc(F)cc3)o2)C1. The zero-order valence-electron chi connectivity index (χ0n) is 16.5. The van der Waals surface area contributed by atoms with E-state index in [1.165, 1.54) is 12.1 Å². The molecule has 1 amide bonds. The Morgan fingerprint density at radius 2 is 2.03 bits per heavy atom. The van der Waals surface area contributed by atoms with E-state index in [0.717, 1.165) is 41.6 Å². The maximum absolute atomic E-state index is 13.1. The Labute approximate surface area is 173 Å². The molecule has 1 atom stereocenters. The van der Waals surface area contributed by atoms with Gasteiger partial charge in [-0.1, -0.05) is 30.3 Å². The highest BCUT2D eigenvalue weighted by atomic mass is 19.1. The van der Waals surface area contributed by atoms with E-state index in [-0.39, 0.29) is 17.6 Å². The van der Waals surface area contributed by atoms with Crippen LogP contribution in [0.3, 0.4) is 0 Å². The number of likely N-dealkylation sites (tertiary alicyclic amines) is 1. The molecular formula is C24H22FN3O2. The molecule has 6 heteroatoms. The fourth-order valence-electron chi connectivity index (χ4n) is 4.12. The van der Waals surface area contributed by atoms with Crippen LogP contribution in [0, 0.1) is 5.82 Å². The Morgan fingerprint density at radius 1 is 1.20 bits per heavy atom. The second-order valence-corrected chi connectivity index (χ2v) is 7.83. The molecule has 152 valence electrons. The van der Waals surface area contributed by atoms with Gasteiger partial charge in [0.05, 0.1) is 12.1 Å². The minimum Gasteiger partial charge on any atom is -0.445 e. The van der Waals surface area contributed by atoms with Gasteiger partial charge in [-0.25, -0.2) is 9.37 Å². The van der Waals surface area contributed by atoms with E-state index in [4.69, 9.17) is 4.42 Å². The maximum atomic E-state index is 13.1. The maximum Gasteiger partial charge on any atom is 0.270 e. The summed E-state index contributed by atoms with van der Waals surface area (Å²) < 4.78 is 19.1. The summed E-state index contributed by atoms with van der Waals surface area (Å²) in [5.74, 6) is 1.25. The van der Waals surface area contributed by atoms with Crippen LogP contribution in [0.15, 0.2) is 65.2 Å². The number of carbonyl (C=O) groups is 1. The van der Waals surface area contributed by atoms with Crippen molar-refractivity contribution in [2.75, 3.05) is 13.1 Å². The summed E-state index contributed by atoms with van der Waals surface area (Å²) in [5, 5.41) is 1.03. The van der Waals surface area contributed by atoms with Crippen molar-refractivity contribution >= 4 is 16.8 Å². The number of H-pyrrole nitrogens is 1. The summed E-state index contributed by atoms with van der Waals surface area (Å²) in [7, 11) is 0. The number of oxazole rings is 1. The molecule has 0 radical (unpaired) electrons. The minimum atomic E-state index is -0.251. The zero-order chi connectivity index (χ0) is 20.5. The first-order chi connectivity index (χ1) is 14.7. The predicted octanol–water partition coefficient (Wildman–Crippen LogP) is 4.91. The lowest BCUT2D eigenvalue weighted by Gasteiger charge is -2.31. The number of nitrogens with zero attached hydrogens (tertiary/aromatic N) is 2. The molecule has 1 fully saturated rings. The molecule has 30 heavy (non-hydrogen) atoms. The van der Waals surface area contributed by atoms with Crippen molar-refractivity contribution in [3.63, 3.8) is 0 Å². The first-order valence-electron chi connectivity index (χ1n) is 10.2. The third-order valence-corrected chi connectivity index (χ3v) is 5.68. The van der Waals surface area contributed by atoms with E-state index < -0.39 is 0 Å². The Morgan fingerprint density at radius 3 is 2.87 bits per heavy atom. The largest absolute Gasteiger partial charge is 0.445 e. The number of hydrogen-bond acceptors (Lipinski definition) is 3. The van der Waals surface area contributed by atoms with Gasteiger partial charge in [-0.05, 0) is 42.7 Å². The van der Waals surface area contributed by atoms with Crippen molar-refractivity contribution < 1.29 is 13.6 Å². The van der Waals surface area contributed by atoms with Crippen LogP contribution in [0.25, 0.3) is 10.9 Å². The van der Waals surface area contributed by atoms with Crippen molar-refractivity contribution in [2.24, 2.45) is 0 Å². The Balaban J connectivity index is 1.28. The summed E-state index contributed by atoms with van der Waals surface area (Å²) in [6, 6.07) is 16.2. The van der Waals surface area contributed by atoms with Gasteiger partial charge in [-0.2, -0.15) is 0 Å². The molecule has 4 aromatic rings. The van der Waals surface area contributed by atoms with Crippen molar-refractivity contribution in [3.8, 4) is 0 Å². The fraction of sp³-hybridized carbons (Fsp3) is 0.250. The van der Waals surface area contributed by atoms with Crippen molar-refractivity contribution in [1.29, 1.82) is 0 Å². The number of fused-ring (bicyclic) bond motifs is 1. The average molecular weight is 403 g/mol. The Kier molecular flexibility index (Phi) is 4.83. The average Bonchev–Trinajstić information content (AvgIpc) is 3.42. The molecule has 0 spiro atoms. The van der Waals surface area contributed by atoms with E-state index in [9.17, 15) is 9.18 Å². The molecule has 2 aromatic heterocycles. The number of amides is 1. The van der Waals surface area contributed by atoms with Gasteiger partial charge in [0.1, 0.15) is 17.3 Å². The summed E-state index contributed by atoms with van der Waals surface area (Å²) in [4.78, 5) is 22.6. The smallest absolute Gasteiger partial charge is 0.270 e. The number of halogens is 1. The van der Waals surface area contributed by atoms with Crippen LogP contribution in [0.2, 0.25) is 0 Å². The van der Waals surface area contributed by atoms with Crippen LogP contribution in [-0.4, -0.2) is 33.9 Å². The van der Waals surface area contributed by atoms with Gasteiger partial charge < -0.3 is 14.3 Å². The van der Waals surface area contributed by atoms with Crippen LogP contribution >= 0.6 is 0 Å². The molecule has 1 aliphatic heterocycles. The van der Waals surface area contributed by atoms with Crippen LogP contribution in [0.5, 0.6) is 0 Å². The lowest BCUT2D eigenvalue weighted by molar-refractivity contribution is 0.0693. The van der Waals surface area contributed by atoms with Gasteiger partial charge in [-0.3, -0.25) is 4.79 Å². The normalized spacial score (nSPS) is 16.8. The highest BCUT2D eigenvalue weighted by molar-refractivity contribution is 5.98. The zero-order valence-corrected chi connectivity index (χ0v) is 16.5. The Bertz CT molecular complexity index is 1150. The van der Waals surface area contributed by atoms with Crippen LogP contribution in [0.4, 0.5) is 4.39 Å². The predicted molar refractivity (Wildman–Crippen MR) is 112 cm³/mol. The molecule has 0 saturated carbocycles. The van der Waals surface area contributed by atoms with E-state index >= 15 is 0 Å². The molecule has 1 saturated heterocycles. The molecule has 1 N–H and O–H groups in total. The van der Waals surface area contributed by atoms with Gasteiger partial charge in [0.25, 0.3) is 5.91 Å². The van der Waals surface area contributed by atoms with E-state index in [0.29, 0.717) is 24.6 Å². The van der Waals surface area contributed by atoms with Crippen LogP contribution < -0.4 is 0 Å². The fourth-order valence-corrected chi connectivity index (χ4v) is 4.12. The lowest BCUT2D eigenvalue weighted by Crippen LogP contribution is -2.39. The third-order valence-electron chi connectivity index (χ3n) is 5.68. The molecule has 5 rings (SSSR count). The van der Waals surface area contributed by atoms with Crippen LogP contribution in [0.1, 0.15) is 46.5 Å². The van der Waals surface area contributed by atoms with Gasteiger partial charge in [0, 0.05) is 30.4 Å². The topological polar surface area (TPSA) is 62.1 Å². The van der Waals surface area contributed by atoms with Crippen molar-refractivity contribution in [1.82, 2.24) is 14.9 Å². The standard InChI is InChI=1S/C24H22FN3O2/c25-19-9-7-16(8-10-19)12-20-14-26-23(30-20)18-5-3-11-28(15-18)24(29)22-13-17-4-1-2-6-21(17)27-22/h1-2,4,6-10,13-14,18,27H,3,5,11-12,15H2. The molecule has 0 aliphatic carbocycles. The van der Waals surface area contributed by atoms with Gasteiger partial charge in [0.2, 0.25) is 0 Å². The lowest BCUT2D eigenvalue weighted by atomic mass is 9.97. The molecule has 2 aromatic carbocycles. The number of nitrogens with one attached hydrogen (secondary N) is 1. The Hall–Kier alpha value is -3.41. The number of carbonyl (C=O) groups excluding carboxylic acids is 1. The third kappa shape index (κ3) is 3.73. The number of aromatic nitrogens is 2. The number of para-hydroxylation sites is 1. The molecule has 3 heterocycles. The van der Waals surface area contributed by atoms with Crippen molar-refractivity contribution in [3.05, 3.63) is 89.5 Å². The minimum absolute atomic E-state index is 0.00833. The van der Waals surface area contributed by atoms with Gasteiger partial charge in [-0.15, -0.1) is 0 Å². The first kappa shape index (κ1) is 18.6. The van der Waals surface area contributed by atoms with Gasteiger partial charge >= 0.3 is 0 Å². The molecule has 0 bridgehead atoms. The number of benzene rings is 2. The van der Waals surface area contributed by atoms with E-state index in [1.54, 1.807) is 18.3 Å². The summed E-state index contributed by atoms with van der Waals surface area (Å²) in [6.07, 6.45) is 4.15. The van der Waals surface area contributed by atoms with E-state index in [2.05, 4.69) is 9.97 Å². The molecule has 1 unspecified atom stereocenters. The van der Waals surface area contributed by atoms with Crippen LogP contribution in [-0.2, 0) is 6.42 Å². The molecular weight excluding hydrogens is 381 g/mol. The second kappa shape index (κ2) is 7.78. The number of rotatable bonds is 4. The summed E-state index contributed by atoms with van der Waals surface area (Å²) in [6.45, 7) is 1.32. The second-order valence-electron chi connectivity index (χ2n) is 7.83. The number of hydrogen-bond donors (Lipinski definition) is 1. The number of piperidine rings is 1. The van der Waals surface area contributed by atoms with E-state index in [1.807, 2.05) is 35.2 Å². The van der Waals surface area contributed by atoms with Crippen molar-refractivity contribution in [2.45, 2.75) is 25.2 Å². The summed E-state index contributed by atoms with van der Waals surface area (Å²) >= 11 is 0. The highest BCUT2D eigenvalue weighted by Crippen LogP contribution is 2.28. The highest BCUT2D eigenvalue weighted by Gasteiger charge is 2.29. The molecule has 1 aliphatic rings. The summed E-state index contributed by atoms with van der Waals surface area (Å²) in [5.41, 5.74) is 2.55. The molecule has 5 nitrogen and oxygen atoms in total. The monoisotopic (exact) mass is 403 g/mol. The first-order valence-corrected chi connectivity index (χ1v) is 10.2. The quantitative estimate of drug-likeness (QED) is 0.527.